The van der Waals surface area contributed by atoms with Gasteiger partial charge in [0.05, 0.1) is 26.2 Å². The van der Waals surface area contributed by atoms with Gasteiger partial charge in [0.1, 0.15) is 16.5 Å². The summed E-state index contributed by atoms with van der Waals surface area (Å²) in [6.07, 6.45) is 1.30. The Morgan fingerprint density at radius 2 is 1.59 bits per heavy atom. The van der Waals surface area contributed by atoms with Gasteiger partial charge < -0.3 is 9.50 Å². The number of halogens is 2. The molecule has 1 N–H and O–H groups in total. The number of thioether (sulfide) groups is 1. The summed E-state index contributed by atoms with van der Waals surface area (Å²) in [4.78, 5) is 23.6. The molecule has 4 aromatic rings. The summed E-state index contributed by atoms with van der Waals surface area (Å²) >= 11 is 0.869. The van der Waals surface area contributed by atoms with Gasteiger partial charge in [0.2, 0.25) is 5.75 Å². The van der Waals surface area contributed by atoms with Crippen molar-refractivity contribution in [2.24, 2.45) is 0 Å². The second kappa shape index (κ2) is 11.8. The van der Waals surface area contributed by atoms with Crippen molar-refractivity contribution in [2.75, 3.05) is 5.32 Å². The SMILES string of the molecule is Cc1ccc(S(=O)(=O)Oc2ccc(/C=C3/Sc4cc(S(=O)(=O)Cc5c(F)cccc5F)ccc4NC3=O)cc2[N+](=O)[O-])cc1. The molecular weight excluding hydrogens is 639 g/mol. The molecule has 0 unspecified atom stereocenters. The van der Waals surface area contributed by atoms with Gasteiger partial charge in [-0.25, -0.2) is 17.2 Å². The standard InChI is InChI=1S/C29H20F2N2O8S3/c1-17-5-8-19(9-6-17)44(39,40)41-26-12-7-18(13-25(26)33(35)36)14-28-29(34)32-24-11-10-20(15-27(24)42-28)43(37,38)16-21-22(30)3-2-4-23(21)31/h2-15H,16H2,1H3,(H,32,34)/b28-14+. The number of aryl methyl sites for hydroxylation is 1. The second-order valence-corrected chi connectivity index (χ2v) is 14.1. The zero-order valence-corrected chi connectivity index (χ0v) is 24.9. The number of carbonyl (C=O) groups excluding carboxylic acids is 1. The van der Waals surface area contributed by atoms with Crippen molar-refractivity contribution in [1.29, 1.82) is 0 Å². The van der Waals surface area contributed by atoms with Crippen LogP contribution in [0.4, 0.5) is 20.2 Å². The van der Waals surface area contributed by atoms with Crippen LogP contribution in [0.25, 0.3) is 6.08 Å². The number of fused-ring (bicyclic) bond motifs is 1. The number of hydrogen-bond donors (Lipinski definition) is 1. The number of nitrogens with one attached hydrogen (secondary N) is 1. The number of rotatable bonds is 8. The van der Waals surface area contributed by atoms with E-state index in [0.717, 1.165) is 47.7 Å². The van der Waals surface area contributed by atoms with Gasteiger partial charge in [-0.1, -0.05) is 41.6 Å². The van der Waals surface area contributed by atoms with Crippen LogP contribution in [0.2, 0.25) is 0 Å². The number of carbonyl (C=O) groups is 1. The monoisotopic (exact) mass is 658 g/mol. The lowest BCUT2D eigenvalue weighted by Gasteiger charge is -2.19. The van der Waals surface area contributed by atoms with Crippen molar-refractivity contribution in [1.82, 2.24) is 0 Å². The third kappa shape index (κ3) is 6.49. The normalized spacial score (nSPS) is 14.2. The summed E-state index contributed by atoms with van der Waals surface area (Å²) in [5, 5.41) is 14.4. The first-order chi connectivity index (χ1) is 20.7. The molecule has 0 saturated heterocycles. The van der Waals surface area contributed by atoms with Gasteiger partial charge in [-0.3, -0.25) is 14.9 Å². The molecule has 10 nitrogen and oxygen atoms in total. The molecule has 0 spiro atoms. The van der Waals surface area contributed by atoms with Crippen LogP contribution in [0, 0.1) is 28.7 Å². The fourth-order valence-electron chi connectivity index (χ4n) is 4.13. The van der Waals surface area contributed by atoms with Crippen molar-refractivity contribution in [3.8, 4) is 5.75 Å². The Hall–Kier alpha value is -4.60. The van der Waals surface area contributed by atoms with Crippen molar-refractivity contribution in [3.63, 3.8) is 0 Å². The first-order valence-electron chi connectivity index (χ1n) is 12.5. The van der Waals surface area contributed by atoms with Crippen LogP contribution < -0.4 is 9.50 Å². The third-order valence-electron chi connectivity index (χ3n) is 6.39. The lowest BCUT2D eigenvalue weighted by Crippen LogP contribution is -2.18. The molecule has 0 saturated carbocycles. The van der Waals surface area contributed by atoms with Gasteiger partial charge in [0.25, 0.3) is 5.91 Å². The first-order valence-corrected chi connectivity index (χ1v) is 16.4. The molecule has 1 amide bonds. The van der Waals surface area contributed by atoms with Gasteiger partial charge >= 0.3 is 15.8 Å². The number of sulfone groups is 1. The van der Waals surface area contributed by atoms with Crippen LogP contribution in [-0.2, 0) is 30.5 Å². The average molecular weight is 659 g/mol. The average Bonchev–Trinajstić information content (AvgIpc) is 2.96. The van der Waals surface area contributed by atoms with Crippen molar-refractivity contribution in [2.45, 2.75) is 27.4 Å². The molecule has 1 heterocycles. The molecule has 0 bridgehead atoms. The predicted octanol–water partition coefficient (Wildman–Crippen LogP) is 6.01. The minimum Gasteiger partial charge on any atom is -0.372 e. The van der Waals surface area contributed by atoms with E-state index in [0.29, 0.717) is 4.90 Å². The minimum absolute atomic E-state index is 0.0300. The molecule has 0 fully saturated rings. The lowest BCUT2D eigenvalue weighted by atomic mass is 10.1. The summed E-state index contributed by atoms with van der Waals surface area (Å²) in [5.74, 6) is -4.06. The van der Waals surface area contributed by atoms with Crippen LogP contribution in [0.3, 0.4) is 0 Å². The fourth-order valence-corrected chi connectivity index (χ4v) is 7.53. The van der Waals surface area contributed by atoms with Gasteiger partial charge in [-0.15, -0.1) is 0 Å². The molecule has 1 aliphatic rings. The summed E-state index contributed by atoms with van der Waals surface area (Å²) in [6, 6.07) is 16.0. The van der Waals surface area contributed by atoms with E-state index in [-0.39, 0.29) is 25.9 Å². The molecule has 4 aromatic carbocycles. The van der Waals surface area contributed by atoms with Crippen molar-refractivity contribution in [3.05, 3.63) is 122 Å². The Morgan fingerprint density at radius 1 is 0.932 bits per heavy atom. The molecule has 0 aliphatic carbocycles. The molecule has 15 heteroatoms. The fraction of sp³-hybridized carbons (Fsp3) is 0.0690. The molecule has 5 rings (SSSR count). The second-order valence-electron chi connectivity index (χ2n) is 9.52. The van der Waals surface area contributed by atoms with E-state index in [1.54, 1.807) is 19.1 Å². The maximum Gasteiger partial charge on any atom is 0.339 e. The van der Waals surface area contributed by atoms with Crippen molar-refractivity contribution < 1.29 is 39.5 Å². The first kappa shape index (κ1) is 30.8. The molecule has 44 heavy (non-hydrogen) atoms. The zero-order chi connectivity index (χ0) is 31.8. The molecule has 0 radical (unpaired) electrons. The van der Waals surface area contributed by atoms with Crippen LogP contribution in [0.15, 0.2) is 98.5 Å². The molecule has 226 valence electrons. The number of benzene rings is 4. The lowest BCUT2D eigenvalue weighted by molar-refractivity contribution is -0.385. The summed E-state index contributed by atoms with van der Waals surface area (Å²) in [6.45, 7) is 1.76. The number of nitro groups is 1. The number of hydrogen-bond acceptors (Lipinski definition) is 9. The Morgan fingerprint density at radius 3 is 2.25 bits per heavy atom. The number of nitrogens with zero attached hydrogens (tertiary/aromatic N) is 1. The van der Waals surface area contributed by atoms with Gasteiger partial charge in [0, 0.05) is 16.5 Å². The highest BCUT2D eigenvalue weighted by Gasteiger charge is 2.27. The number of nitro benzene ring substituents is 1. The Balaban J connectivity index is 1.43. The minimum atomic E-state index is -4.39. The number of amides is 1. The van der Waals surface area contributed by atoms with Crippen LogP contribution in [0.1, 0.15) is 16.7 Å². The van der Waals surface area contributed by atoms with E-state index in [1.165, 1.54) is 42.5 Å². The van der Waals surface area contributed by atoms with Gasteiger partial charge in [-0.05, 0) is 67.1 Å². The zero-order valence-electron chi connectivity index (χ0n) is 22.5. The van der Waals surface area contributed by atoms with E-state index in [2.05, 4.69) is 5.32 Å². The van der Waals surface area contributed by atoms with E-state index in [9.17, 15) is 40.5 Å². The molecule has 1 aliphatic heterocycles. The third-order valence-corrected chi connectivity index (χ3v) is 10.4. The molecule has 0 aromatic heterocycles. The summed E-state index contributed by atoms with van der Waals surface area (Å²) in [5.41, 5.74) is -0.0471. The highest BCUT2D eigenvalue weighted by molar-refractivity contribution is 8.04. The smallest absolute Gasteiger partial charge is 0.339 e. The summed E-state index contributed by atoms with van der Waals surface area (Å²) in [7, 11) is -8.59. The Kier molecular flexibility index (Phi) is 8.29. The molecule has 0 atom stereocenters. The van der Waals surface area contributed by atoms with E-state index in [1.807, 2.05) is 0 Å². The largest absolute Gasteiger partial charge is 0.372 e. The van der Waals surface area contributed by atoms with E-state index >= 15 is 0 Å². The Bertz CT molecular complexity index is 2060. The van der Waals surface area contributed by atoms with E-state index < -0.39 is 65.2 Å². The molecular formula is C29H20F2N2O8S3. The highest BCUT2D eigenvalue weighted by atomic mass is 32.2. The topological polar surface area (TPSA) is 150 Å². The number of anilines is 1. The van der Waals surface area contributed by atoms with Crippen LogP contribution >= 0.6 is 11.8 Å². The predicted molar refractivity (Wildman–Crippen MR) is 158 cm³/mol. The maximum atomic E-state index is 14.1. The van der Waals surface area contributed by atoms with Gasteiger partial charge in [0.15, 0.2) is 9.84 Å². The summed E-state index contributed by atoms with van der Waals surface area (Å²) < 4.78 is 84.6. The van der Waals surface area contributed by atoms with Gasteiger partial charge in [-0.2, -0.15) is 8.42 Å². The van der Waals surface area contributed by atoms with E-state index in [4.69, 9.17) is 4.18 Å². The van der Waals surface area contributed by atoms with Crippen molar-refractivity contribution >= 4 is 55.1 Å². The highest BCUT2D eigenvalue weighted by Crippen LogP contribution is 2.41. The Labute approximate surface area is 254 Å². The quantitative estimate of drug-likeness (QED) is 0.104. The van der Waals surface area contributed by atoms with Crippen LogP contribution in [0.5, 0.6) is 5.75 Å². The van der Waals surface area contributed by atoms with Crippen LogP contribution in [-0.4, -0.2) is 27.7 Å². The maximum absolute atomic E-state index is 14.1.